The number of aryl methyl sites for hydroxylation is 1. The summed E-state index contributed by atoms with van der Waals surface area (Å²) in [6, 6.07) is 2.69. The molecule has 2 unspecified atom stereocenters. The number of carbonyl (C=O) groups is 1. The fraction of sp³-hybridized carbons (Fsp3) is 0.615. The van der Waals surface area contributed by atoms with E-state index in [1.165, 1.54) is 6.42 Å². The lowest BCUT2D eigenvalue weighted by Gasteiger charge is -2.34. The molecule has 1 N–H and O–H groups in total. The minimum atomic E-state index is 0.239. The standard InChI is InChI=1S/C13H18N2OS/c1-9-4-7-17-12(9)13(16)15-6-3-11-10(8-15)2-5-14-11/h4,7,10-11,14H,2-3,5-6,8H2,1H3. The first-order chi connectivity index (χ1) is 8.25. The quantitative estimate of drug-likeness (QED) is 0.825. The zero-order valence-corrected chi connectivity index (χ0v) is 10.9. The summed E-state index contributed by atoms with van der Waals surface area (Å²) >= 11 is 1.57. The number of rotatable bonds is 1. The maximum atomic E-state index is 12.4. The normalized spacial score (nSPS) is 28.2. The third-order valence-corrected chi connectivity index (χ3v) is 5.00. The van der Waals surface area contributed by atoms with Crippen molar-refractivity contribution in [3.63, 3.8) is 0 Å². The smallest absolute Gasteiger partial charge is 0.264 e. The first-order valence-corrected chi connectivity index (χ1v) is 7.20. The molecule has 17 heavy (non-hydrogen) atoms. The molecule has 0 saturated carbocycles. The first kappa shape index (κ1) is 11.2. The fourth-order valence-corrected chi connectivity index (χ4v) is 3.86. The van der Waals surface area contributed by atoms with Gasteiger partial charge in [0.1, 0.15) is 0 Å². The van der Waals surface area contributed by atoms with Crippen LogP contribution in [0.15, 0.2) is 11.4 Å². The summed E-state index contributed by atoms with van der Waals surface area (Å²) in [6.45, 7) is 4.99. The maximum Gasteiger partial charge on any atom is 0.264 e. The van der Waals surface area contributed by atoms with Crippen LogP contribution in [0.4, 0.5) is 0 Å². The van der Waals surface area contributed by atoms with E-state index < -0.39 is 0 Å². The summed E-state index contributed by atoms with van der Waals surface area (Å²) in [7, 11) is 0. The Hall–Kier alpha value is -0.870. The highest BCUT2D eigenvalue weighted by atomic mass is 32.1. The van der Waals surface area contributed by atoms with Crippen molar-refractivity contribution in [1.82, 2.24) is 10.2 Å². The Morgan fingerprint density at radius 2 is 2.41 bits per heavy atom. The number of hydrogen-bond donors (Lipinski definition) is 1. The summed E-state index contributed by atoms with van der Waals surface area (Å²) in [5.74, 6) is 0.913. The van der Waals surface area contributed by atoms with Gasteiger partial charge in [-0.25, -0.2) is 0 Å². The highest BCUT2D eigenvalue weighted by Gasteiger charge is 2.34. The molecule has 2 atom stereocenters. The number of nitrogens with zero attached hydrogens (tertiary/aromatic N) is 1. The number of fused-ring (bicyclic) bond motifs is 1. The lowest BCUT2D eigenvalue weighted by atomic mass is 9.93. The van der Waals surface area contributed by atoms with Crippen LogP contribution in [0, 0.1) is 12.8 Å². The summed E-state index contributed by atoms with van der Waals surface area (Å²) in [5, 5.41) is 5.54. The maximum absolute atomic E-state index is 12.4. The molecule has 1 aromatic rings. The average Bonchev–Trinajstić information content (AvgIpc) is 2.95. The van der Waals surface area contributed by atoms with Crippen molar-refractivity contribution in [3.8, 4) is 0 Å². The van der Waals surface area contributed by atoms with Crippen LogP contribution in [-0.4, -0.2) is 36.5 Å². The van der Waals surface area contributed by atoms with E-state index in [1.807, 2.05) is 23.3 Å². The number of likely N-dealkylation sites (tertiary alicyclic amines) is 1. The monoisotopic (exact) mass is 250 g/mol. The predicted molar refractivity (Wildman–Crippen MR) is 69.5 cm³/mol. The van der Waals surface area contributed by atoms with Crippen LogP contribution in [0.2, 0.25) is 0 Å². The van der Waals surface area contributed by atoms with E-state index in [1.54, 1.807) is 11.3 Å². The first-order valence-electron chi connectivity index (χ1n) is 6.32. The highest BCUT2D eigenvalue weighted by Crippen LogP contribution is 2.27. The number of carbonyl (C=O) groups excluding carboxylic acids is 1. The fourth-order valence-electron chi connectivity index (χ4n) is 2.97. The molecule has 2 aliphatic rings. The van der Waals surface area contributed by atoms with E-state index in [9.17, 15) is 4.79 Å². The molecule has 0 radical (unpaired) electrons. The SMILES string of the molecule is Cc1ccsc1C(=O)N1CCC2NCCC2C1. The van der Waals surface area contributed by atoms with Gasteiger partial charge in [-0.15, -0.1) is 11.3 Å². The van der Waals surface area contributed by atoms with Gasteiger partial charge in [0.15, 0.2) is 0 Å². The van der Waals surface area contributed by atoms with Crippen molar-refractivity contribution >= 4 is 17.2 Å². The molecule has 0 aromatic carbocycles. The Kier molecular flexibility index (Phi) is 2.92. The van der Waals surface area contributed by atoms with Crippen LogP contribution in [0.25, 0.3) is 0 Å². The van der Waals surface area contributed by atoms with Crippen molar-refractivity contribution in [2.24, 2.45) is 5.92 Å². The molecule has 0 aliphatic carbocycles. The van der Waals surface area contributed by atoms with Crippen molar-refractivity contribution in [2.75, 3.05) is 19.6 Å². The number of piperidine rings is 1. The van der Waals surface area contributed by atoms with Crippen LogP contribution < -0.4 is 5.32 Å². The molecule has 1 amide bonds. The van der Waals surface area contributed by atoms with E-state index in [0.717, 1.165) is 36.5 Å². The van der Waals surface area contributed by atoms with E-state index >= 15 is 0 Å². The topological polar surface area (TPSA) is 32.3 Å². The second-order valence-electron chi connectivity index (χ2n) is 5.08. The number of nitrogens with one attached hydrogen (secondary N) is 1. The van der Waals surface area contributed by atoms with Crippen molar-refractivity contribution in [1.29, 1.82) is 0 Å². The summed E-state index contributed by atoms with van der Waals surface area (Å²) in [5.41, 5.74) is 1.12. The van der Waals surface area contributed by atoms with Crippen LogP contribution >= 0.6 is 11.3 Å². The van der Waals surface area contributed by atoms with Crippen molar-refractivity contribution in [2.45, 2.75) is 25.8 Å². The van der Waals surface area contributed by atoms with Gasteiger partial charge in [0.2, 0.25) is 0 Å². The van der Waals surface area contributed by atoms with Crippen LogP contribution in [0.3, 0.4) is 0 Å². The molecule has 2 aliphatic heterocycles. The Labute approximate surface area is 106 Å². The zero-order chi connectivity index (χ0) is 11.8. The second-order valence-corrected chi connectivity index (χ2v) is 6.00. The summed E-state index contributed by atoms with van der Waals surface area (Å²) in [6.07, 6.45) is 2.33. The third-order valence-electron chi connectivity index (χ3n) is 4.00. The van der Waals surface area contributed by atoms with Gasteiger partial charge in [-0.1, -0.05) is 0 Å². The second kappa shape index (κ2) is 4.42. The van der Waals surface area contributed by atoms with E-state index in [-0.39, 0.29) is 5.91 Å². The zero-order valence-electron chi connectivity index (χ0n) is 10.1. The van der Waals surface area contributed by atoms with Gasteiger partial charge in [-0.2, -0.15) is 0 Å². The van der Waals surface area contributed by atoms with Crippen LogP contribution in [-0.2, 0) is 0 Å². The minimum Gasteiger partial charge on any atom is -0.338 e. The van der Waals surface area contributed by atoms with E-state index in [4.69, 9.17) is 0 Å². The Bertz CT molecular complexity index is 429. The van der Waals surface area contributed by atoms with Gasteiger partial charge in [-0.3, -0.25) is 4.79 Å². The molecule has 4 heteroatoms. The van der Waals surface area contributed by atoms with E-state index in [0.29, 0.717) is 12.0 Å². The Morgan fingerprint density at radius 3 is 3.18 bits per heavy atom. The molecule has 3 rings (SSSR count). The molecule has 2 fully saturated rings. The lowest BCUT2D eigenvalue weighted by Crippen LogP contribution is -2.46. The number of thiophene rings is 1. The largest absolute Gasteiger partial charge is 0.338 e. The van der Waals surface area contributed by atoms with Crippen LogP contribution in [0.1, 0.15) is 28.1 Å². The molecule has 3 nitrogen and oxygen atoms in total. The molecule has 0 bridgehead atoms. The van der Waals surface area contributed by atoms with Crippen LogP contribution in [0.5, 0.6) is 0 Å². The number of hydrogen-bond acceptors (Lipinski definition) is 3. The molecular formula is C13H18N2OS. The molecule has 1 aromatic heterocycles. The van der Waals surface area contributed by atoms with Crippen molar-refractivity contribution < 1.29 is 4.79 Å². The van der Waals surface area contributed by atoms with Gasteiger partial charge in [0.25, 0.3) is 5.91 Å². The van der Waals surface area contributed by atoms with Gasteiger partial charge in [0, 0.05) is 19.1 Å². The third kappa shape index (κ3) is 2.00. The Morgan fingerprint density at radius 1 is 1.53 bits per heavy atom. The molecule has 0 spiro atoms. The summed E-state index contributed by atoms with van der Waals surface area (Å²) < 4.78 is 0. The molecular weight excluding hydrogens is 232 g/mol. The Balaban J connectivity index is 1.73. The minimum absolute atomic E-state index is 0.239. The van der Waals surface area contributed by atoms with Gasteiger partial charge in [-0.05, 0) is 49.2 Å². The number of amides is 1. The van der Waals surface area contributed by atoms with Crippen molar-refractivity contribution in [3.05, 3.63) is 21.9 Å². The van der Waals surface area contributed by atoms with E-state index in [2.05, 4.69) is 5.32 Å². The molecule has 2 saturated heterocycles. The van der Waals surface area contributed by atoms with Gasteiger partial charge in [0.05, 0.1) is 4.88 Å². The lowest BCUT2D eigenvalue weighted by molar-refractivity contribution is 0.0666. The average molecular weight is 250 g/mol. The summed E-state index contributed by atoms with van der Waals surface area (Å²) in [4.78, 5) is 15.4. The highest BCUT2D eigenvalue weighted by molar-refractivity contribution is 7.12. The van der Waals surface area contributed by atoms with Gasteiger partial charge >= 0.3 is 0 Å². The predicted octanol–water partition coefficient (Wildman–Crippen LogP) is 1.88. The van der Waals surface area contributed by atoms with Gasteiger partial charge < -0.3 is 10.2 Å². The molecule has 92 valence electrons. The molecule has 3 heterocycles.